The molecular formula is C10H11N3O2. The molecule has 0 atom stereocenters. The lowest BCUT2D eigenvalue weighted by Gasteiger charge is -2.04. The van der Waals surface area contributed by atoms with Gasteiger partial charge in [-0.25, -0.2) is 14.8 Å². The highest BCUT2D eigenvalue weighted by atomic mass is 16.4. The normalized spacial score (nSPS) is 9.33. The smallest absolute Gasteiger partial charge is 0.339 e. The zero-order valence-electron chi connectivity index (χ0n) is 8.32. The molecule has 1 rings (SSSR count). The van der Waals surface area contributed by atoms with E-state index in [1.807, 2.05) is 0 Å². The summed E-state index contributed by atoms with van der Waals surface area (Å²) < 4.78 is 0. The Hall–Kier alpha value is -2.09. The molecule has 1 aromatic rings. The number of aromatic carboxylic acids is 1. The summed E-state index contributed by atoms with van der Waals surface area (Å²) in [6, 6.07) is 0. The molecule has 0 unspecified atom stereocenters. The molecule has 0 bridgehead atoms. The summed E-state index contributed by atoms with van der Waals surface area (Å²) in [5.74, 6) is 1.84. The van der Waals surface area contributed by atoms with Crippen LogP contribution in [-0.4, -0.2) is 27.6 Å². The van der Waals surface area contributed by atoms with E-state index in [4.69, 9.17) is 11.5 Å². The Morgan fingerprint density at radius 3 is 3.00 bits per heavy atom. The molecule has 5 heteroatoms. The fourth-order valence-corrected chi connectivity index (χ4v) is 1.01. The third-order valence-corrected chi connectivity index (χ3v) is 1.76. The van der Waals surface area contributed by atoms with Gasteiger partial charge in [0.2, 0.25) is 5.95 Å². The summed E-state index contributed by atoms with van der Waals surface area (Å²) in [5.41, 5.74) is 0.540. The lowest BCUT2D eigenvalue weighted by atomic mass is 10.2. The molecule has 0 radical (unpaired) electrons. The highest BCUT2D eigenvalue weighted by molar-refractivity contribution is 5.88. The number of terminal acetylenes is 1. The average Bonchev–Trinajstić information content (AvgIpc) is 2.17. The fraction of sp³-hybridized carbons (Fsp3) is 0.300. The molecule has 2 N–H and O–H groups in total. The second kappa shape index (κ2) is 4.96. The van der Waals surface area contributed by atoms with Crippen LogP contribution in [0.15, 0.2) is 6.20 Å². The van der Waals surface area contributed by atoms with E-state index in [0.29, 0.717) is 24.6 Å². The van der Waals surface area contributed by atoms with Crippen molar-refractivity contribution in [1.82, 2.24) is 9.97 Å². The summed E-state index contributed by atoms with van der Waals surface area (Å²) in [5, 5.41) is 11.6. The first-order valence-electron chi connectivity index (χ1n) is 4.39. The van der Waals surface area contributed by atoms with Crippen LogP contribution >= 0.6 is 0 Å². The summed E-state index contributed by atoms with van der Waals surface area (Å²) >= 11 is 0. The second-order valence-corrected chi connectivity index (χ2v) is 2.88. The van der Waals surface area contributed by atoms with Crippen molar-refractivity contribution in [2.45, 2.75) is 13.3 Å². The zero-order chi connectivity index (χ0) is 11.3. The van der Waals surface area contributed by atoms with Gasteiger partial charge in [0.15, 0.2) is 0 Å². The van der Waals surface area contributed by atoms with Gasteiger partial charge in [0, 0.05) is 19.2 Å². The van der Waals surface area contributed by atoms with Crippen molar-refractivity contribution >= 4 is 11.9 Å². The minimum absolute atomic E-state index is 0.109. The predicted molar refractivity (Wildman–Crippen MR) is 55.7 cm³/mol. The van der Waals surface area contributed by atoms with Crippen LogP contribution in [0.5, 0.6) is 0 Å². The van der Waals surface area contributed by atoms with Crippen molar-refractivity contribution in [3.8, 4) is 12.3 Å². The standard InChI is InChI=1S/C10H11N3O2/c1-3-4-5-11-10-12-6-8(9(14)15)7(2)13-10/h1,6H,4-5H2,2H3,(H,14,15)(H,11,12,13). The largest absolute Gasteiger partial charge is 0.478 e. The quantitative estimate of drug-likeness (QED) is 0.564. The van der Waals surface area contributed by atoms with Crippen LogP contribution < -0.4 is 5.32 Å². The monoisotopic (exact) mass is 205 g/mol. The topological polar surface area (TPSA) is 75.1 Å². The molecule has 1 aromatic heterocycles. The molecule has 0 aliphatic rings. The number of hydrogen-bond donors (Lipinski definition) is 2. The van der Waals surface area contributed by atoms with Crippen LogP contribution in [0.4, 0.5) is 5.95 Å². The molecule has 0 aliphatic heterocycles. The van der Waals surface area contributed by atoms with Crippen LogP contribution in [0.3, 0.4) is 0 Å². The number of carboxylic acids is 1. The average molecular weight is 205 g/mol. The Morgan fingerprint density at radius 2 is 2.47 bits per heavy atom. The van der Waals surface area contributed by atoms with E-state index in [1.54, 1.807) is 6.92 Å². The number of aryl methyl sites for hydroxylation is 1. The van der Waals surface area contributed by atoms with Crippen molar-refractivity contribution in [3.05, 3.63) is 17.5 Å². The number of rotatable bonds is 4. The van der Waals surface area contributed by atoms with E-state index in [0.717, 1.165) is 0 Å². The van der Waals surface area contributed by atoms with Gasteiger partial charge in [0.1, 0.15) is 0 Å². The molecule has 0 aromatic carbocycles. The van der Waals surface area contributed by atoms with Gasteiger partial charge in [-0.3, -0.25) is 0 Å². The highest BCUT2D eigenvalue weighted by Gasteiger charge is 2.09. The minimum atomic E-state index is -1.03. The minimum Gasteiger partial charge on any atom is -0.478 e. The molecule has 0 amide bonds. The highest BCUT2D eigenvalue weighted by Crippen LogP contribution is 2.06. The van der Waals surface area contributed by atoms with E-state index >= 15 is 0 Å². The van der Waals surface area contributed by atoms with Crippen LogP contribution in [0.25, 0.3) is 0 Å². The lowest BCUT2D eigenvalue weighted by molar-refractivity contribution is 0.0695. The fourth-order valence-electron chi connectivity index (χ4n) is 1.01. The van der Waals surface area contributed by atoms with Gasteiger partial charge in [0.05, 0.1) is 11.3 Å². The van der Waals surface area contributed by atoms with E-state index < -0.39 is 5.97 Å². The molecule has 0 aliphatic carbocycles. The van der Waals surface area contributed by atoms with E-state index in [1.165, 1.54) is 6.20 Å². The van der Waals surface area contributed by atoms with Gasteiger partial charge in [-0.2, -0.15) is 0 Å². The summed E-state index contributed by atoms with van der Waals surface area (Å²) in [6.07, 6.45) is 6.93. The van der Waals surface area contributed by atoms with Crippen molar-refractivity contribution in [2.24, 2.45) is 0 Å². The Kier molecular flexibility index (Phi) is 3.63. The first kappa shape index (κ1) is 11.0. The van der Waals surface area contributed by atoms with Gasteiger partial charge in [-0.1, -0.05) is 0 Å². The SMILES string of the molecule is C#CCCNc1ncc(C(=O)O)c(C)n1. The molecule has 15 heavy (non-hydrogen) atoms. The van der Waals surface area contributed by atoms with Gasteiger partial charge in [0.25, 0.3) is 0 Å². The van der Waals surface area contributed by atoms with Crippen LogP contribution in [0, 0.1) is 19.3 Å². The molecule has 5 nitrogen and oxygen atoms in total. The summed E-state index contributed by atoms with van der Waals surface area (Å²) in [6.45, 7) is 2.19. The molecule has 0 fully saturated rings. The second-order valence-electron chi connectivity index (χ2n) is 2.88. The summed E-state index contributed by atoms with van der Waals surface area (Å²) in [7, 11) is 0. The molecule has 78 valence electrons. The van der Waals surface area contributed by atoms with Crippen LogP contribution in [0.2, 0.25) is 0 Å². The third-order valence-electron chi connectivity index (χ3n) is 1.76. The Bertz CT molecular complexity index is 410. The number of hydrogen-bond acceptors (Lipinski definition) is 4. The molecule has 0 saturated heterocycles. The van der Waals surface area contributed by atoms with Crippen LogP contribution in [-0.2, 0) is 0 Å². The van der Waals surface area contributed by atoms with Gasteiger partial charge in [-0.05, 0) is 6.92 Å². The maximum atomic E-state index is 10.7. The van der Waals surface area contributed by atoms with Gasteiger partial charge in [-0.15, -0.1) is 12.3 Å². The van der Waals surface area contributed by atoms with E-state index in [-0.39, 0.29) is 5.56 Å². The van der Waals surface area contributed by atoms with Crippen molar-refractivity contribution in [2.75, 3.05) is 11.9 Å². The predicted octanol–water partition coefficient (Wildman–Crippen LogP) is 0.918. The van der Waals surface area contributed by atoms with Gasteiger partial charge >= 0.3 is 5.97 Å². The number of nitrogens with zero attached hydrogens (tertiary/aromatic N) is 2. The number of carboxylic acid groups (broad SMARTS) is 1. The van der Waals surface area contributed by atoms with Crippen molar-refractivity contribution in [3.63, 3.8) is 0 Å². The van der Waals surface area contributed by atoms with Crippen LogP contribution in [0.1, 0.15) is 22.5 Å². The maximum Gasteiger partial charge on any atom is 0.339 e. The Balaban J connectivity index is 2.74. The Morgan fingerprint density at radius 1 is 1.73 bits per heavy atom. The number of anilines is 1. The molecule has 0 saturated carbocycles. The van der Waals surface area contributed by atoms with Gasteiger partial charge < -0.3 is 10.4 Å². The number of carbonyl (C=O) groups is 1. The number of nitrogens with one attached hydrogen (secondary N) is 1. The molecule has 1 heterocycles. The lowest BCUT2D eigenvalue weighted by Crippen LogP contribution is -2.09. The number of aromatic nitrogens is 2. The first-order chi connectivity index (χ1) is 7.15. The maximum absolute atomic E-state index is 10.7. The van der Waals surface area contributed by atoms with E-state index in [2.05, 4.69) is 21.2 Å². The first-order valence-corrected chi connectivity index (χ1v) is 4.39. The van der Waals surface area contributed by atoms with E-state index in [9.17, 15) is 4.79 Å². The van der Waals surface area contributed by atoms with Crippen molar-refractivity contribution < 1.29 is 9.90 Å². The zero-order valence-corrected chi connectivity index (χ0v) is 8.32. The third kappa shape index (κ3) is 2.95. The van der Waals surface area contributed by atoms with Crippen molar-refractivity contribution in [1.29, 1.82) is 0 Å². The Labute approximate surface area is 87.6 Å². The molecule has 0 spiro atoms. The summed E-state index contributed by atoms with van der Waals surface area (Å²) in [4.78, 5) is 18.5. The molecular weight excluding hydrogens is 194 g/mol.